The summed E-state index contributed by atoms with van der Waals surface area (Å²) in [5.41, 5.74) is 3.33. The molecule has 5 rings (SSSR count). The molecule has 3 aromatic rings. The van der Waals surface area contributed by atoms with Crippen LogP contribution in [-0.2, 0) is 28.0 Å². The Balaban J connectivity index is 1.50. The van der Waals surface area contributed by atoms with Crippen molar-refractivity contribution >= 4 is 29.2 Å². The summed E-state index contributed by atoms with van der Waals surface area (Å²) in [6.07, 6.45) is 3.77. The van der Waals surface area contributed by atoms with Crippen LogP contribution in [-0.4, -0.2) is 29.3 Å². The van der Waals surface area contributed by atoms with Gasteiger partial charge in [-0.2, -0.15) is 0 Å². The number of aryl methyl sites for hydroxylation is 2. The van der Waals surface area contributed by atoms with Crippen molar-refractivity contribution in [3.63, 3.8) is 0 Å². The third-order valence-corrected chi connectivity index (χ3v) is 7.02. The van der Waals surface area contributed by atoms with Crippen LogP contribution < -0.4 is 10.2 Å². The highest BCUT2D eigenvalue weighted by atomic mass is 16.2. The van der Waals surface area contributed by atoms with E-state index in [0.717, 1.165) is 58.6 Å². The predicted octanol–water partition coefficient (Wildman–Crippen LogP) is 5.09. The second-order valence-corrected chi connectivity index (χ2v) is 9.18. The maximum atomic E-state index is 13.8. The number of amides is 4. The van der Waals surface area contributed by atoms with Gasteiger partial charge in [0.15, 0.2) is 0 Å². The van der Waals surface area contributed by atoms with E-state index in [1.54, 1.807) is 4.90 Å². The van der Waals surface area contributed by atoms with Gasteiger partial charge in [0.05, 0.1) is 11.4 Å². The van der Waals surface area contributed by atoms with Crippen LogP contribution in [0.25, 0.3) is 0 Å². The van der Waals surface area contributed by atoms with Gasteiger partial charge in [-0.3, -0.25) is 19.4 Å². The SMILES string of the molecule is CCCCC1(c2ccccc2)NC(=O)N(CC(=O)N2c3ccccc3CCc3ccccc32)C1=O. The number of unbranched alkanes of at least 4 members (excludes halogenated alkanes) is 1. The normalized spacial score (nSPS) is 19.1. The van der Waals surface area contributed by atoms with Crippen molar-refractivity contribution in [3.8, 4) is 0 Å². The molecule has 1 saturated heterocycles. The average molecular weight is 468 g/mol. The molecule has 4 amide bonds. The highest BCUT2D eigenvalue weighted by Crippen LogP contribution is 2.38. The molecule has 0 bridgehead atoms. The molecule has 0 spiro atoms. The standard InChI is InChI=1S/C29H29N3O3/c1-2-3-19-29(23-13-5-4-6-14-23)27(34)31(28(35)30-29)20-26(33)32-24-15-9-7-11-21(24)17-18-22-12-8-10-16-25(22)32/h4-16H,2-3,17-20H2,1H3,(H,30,35). The minimum Gasteiger partial charge on any atom is -0.319 e. The van der Waals surface area contributed by atoms with E-state index in [2.05, 4.69) is 12.2 Å². The van der Waals surface area contributed by atoms with Gasteiger partial charge in [0.1, 0.15) is 12.1 Å². The van der Waals surface area contributed by atoms with E-state index in [-0.39, 0.29) is 18.4 Å². The number of hydrogen-bond donors (Lipinski definition) is 1. The van der Waals surface area contributed by atoms with Gasteiger partial charge < -0.3 is 5.32 Å². The average Bonchev–Trinajstić information content (AvgIpc) is 3.03. The maximum Gasteiger partial charge on any atom is 0.325 e. The van der Waals surface area contributed by atoms with E-state index >= 15 is 0 Å². The third kappa shape index (κ3) is 3.99. The van der Waals surface area contributed by atoms with Crippen molar-refractivity contribution in [1.29, 1.82) is 0 Å². The molecule has 0 saturated carbocycles. The van der Waals surface area contributed by atoms with Gasteiger partial charge in [0.25, 0.3) is 11.8 Å². The van der Waals surface area contributed by atoms with Gasteiger partial charge in [0.2, 0.25) is 0 Å². The van der Waals surface area contributed by atoms with Gasteiger partial charge in [0, 0.05) is 0 Å². The Labute approximate surface area is 205 Å². The van der Waals surface area contributed by atoms with Crippen molar-refractivity contribution in [3.05, 3.63) is 95.6 Å². The van der Waals surface area contributed by atoms with Crippen LogP contribution in [0.15, 0.2) is 78.9 Å². The van der Waals surface area contributed by atoms with Crippen LogP contribution >= 0.6 is 0 Å². The minimum absolute atomic E-state index is 0.311. The smallest absolute Gasteiger partial charge is 0.319 e. The summed E-state index contributed by atoms with van der Waals surface area (Å²) in [5.74, 6) is -0.679. The first-order valence-corrected chi connectivity index (χ1v) is 12.2. The number of nitrogens with zero attached hydrogens (tertiary/aromatic N) is 2. The molecule has 2 aliphatic heterocycles. The first kappa shape index (κ1) is 22.8. The van der Waals surface area contributed by atoms with Gasteiger partial charge >= 0.3 is 6.03 Å². The largest absolute Gasteiger partial charge is 0.325 e. The summed E-state index contributed by atoms with van der Waals surface area (Å²) in [6, 6.07) is 24.5. The maximum absolute atomic E-state index is 13.8. The Hall–Kier alpha value is -3.93. The molecule has 178 valence electrons. The van der Waals surface area contributed by atoms with Crippen LogP contribution in [0.4, 0.5) is 16.2 Å². The molecule has 2 aliphatic rings. The van der Waals surface area contributed by atoms with Gasteiger partial charge in [-0.1, -0.05) is 86.5 Å². The molecule has 1 fully saturated rings. The van der Waals surface area contributed by atoms with Crippen molar-refractivity contribution < 1.29 is 14.4 Å². The van der Waals surface area contributed by atoms with E-state index in [9.17, 15) is 14.4 Å². The zero-order valence-corrected chi connectivity index (χ0v) is 19.9. The van der Waals surface area contributed by atoms with Crippen LogP contribution in [0, 0.1) is 0 Å². The van der Waals surface area contributed by atoms with Crippen LogP contribution in [0.3, 0.4) is 0 Å². The molecular weight excluding hydrogens is 438 g/mol. The fourth-order valence-electron chi connectivity index (χ4n) is 5.20. The number of para-hydroxylation sites is 2. The summed E-state index contributed by atoms with van der Waals surface area (Å²) in [4.78, 5) is 43.5. The number of hydrogen-bond acceptors (Lipinski definition) is 3. The number of nitrogens with one attached hydrogen (secondary N) is 1. The number of carbonyl (C=O) groups excluding carboxylic acids is 3. The Morgan fingerprint density at radius 1 is 0.857 bits per heavy atom. The summed E-state index contributed by atoms with van der Waals surface area (Å²) >= 11 is 0. The predicted molar refractivity (Wildman–Crippen MR) is 135 cm³/mol. The monoisotopic (exact) mass is 467 g/mol. The molecule has 2 heterocycles. The van der Waals surface area contributed by atoms with Crippen LogP contribution in [0.5, 0.6) is 0 Å². The van der Waals surface area contributed by atoms with Gasteiger partial charge in [-0.05, 0) is 48.1 Å². The lowest BCUT2D eigenvalue weighted by Crippen LogP contribution is -2.45. The first-order valence-electron chi connectivity index (χ1n) is 12.2. The van der Waals surface area contributed by atoms with Gasteiger partial charge in [-0.25, -0.2) is 4.79 Å². The minimum atomic E-state index is -1.15. The second-order valence-electron chi connectivity index (χ2n) is 9.18. The number of urea groups is 1. The molecule has 35 heavy (non-hydrogen) atoms. The lowest BCUT2D eigenvalue weighted by Gasteiger charge is -2.28. The van der Waals surface area contributed by atoms with E-state index in [1.807, 2.05) is 78.9 Å². The number of benzene rings is 3. The molecule has 0 aromatic heterocycles. The molecule has 3 aromatic carbocycles. The number of anilines is 2. The molecule has 1 N–H and O–H groups in total. The molecule has 0 aliphatic carbocycles. The summed E-state index contributed by atoms with van der Waals surface area (Å²) in [7, 11) is 0. The zero-order chi connectivity index (χ0) is 24.4. The summed E-state index contributed by atoms with van der Waals surface area (Å²) < 4.78 is 0. The zero-order valence-electron chi connectivity index (χ0n) is 19.9. The lowest BCUT2D eigenvalue weighted by molar-refractivity contribution is -0.134. The number of carbonyl (C=O) groups is 3. The van der Waals surface area contributed by atoms with Crippen molar-refractivity contribution in [2.24, 2.45) is 0 Å². The number of rotatable bonds is 6. The summed E-state index contributed by atoms with van der Waals surface area (Å²) in [5, 5.41) is 2.94. The molecule has 6 heteroatoms. The summed E-state index contributed by atoms with van der Waals surface area (Å²) in [6.45, 7) is 1.73. The van der Waals surface area contributed by atoms with Crippen molar-refractivity contribution in [2.75, 3.05) is 11.4 Å². The Bertz CT molecular complexity index is 1230. The van der Waals surface area contributed by atoms with Gasteiger partial charge in [-0.15, -0.1) is 0 Å². The molecule has 6 nitrogen and oxygen atoms in total. The van der Waals surface area contributed by atoms with Crippen molar-refractivity contribution in [1.82, 2.24) is 10.2 Å². The number of imide groups is 1. The van der Waals surface area contributed by atoms with Crippen LogP contribution in [0.1, 0.15) is 42.9 Å². The third-order valence-electron chi connectivity index (χ3n) is 7.02. The van der Waals surface area contributed by atoms with Crippen molar-refractivity contribution in [2.45, 2.75) is 44.6 Å². The fourth-order valence-corrected chi connectivity index (χ4v) is 5.20. The van der Waals surface area contributed by atoms with Crippen LogP contribution in [0.2, 0.25) is 0 Å². The fraction of sp³-hybridized carbons (Fsp3) is 0.276. The highest BCUT2D eigenvalue weighted by molar-refractivity contribution is 6.12. The Morgan fingerprint density at radius 3 is 2.03 bits per heavy atom. The molecule has 1 atom stereocenters. The topological polar surface area (TPSA) is 69.7 Å². The second kappa shape index (κ2) is 9.37. The molecule has 0 radical (unpaired) electrons. The Morgan fingerprint density at radius 2 is 1.43 bits per heavy atom. The van der Waals surface area contributed by atoms with E-state index in [1.165, 1.54) is 0 Å². The Kier molecular flexibility index (Phi) is 6.12. The molecular formula is C29H29N3O3. The first-order chi connectivity index (χ1) is 17.0. The van der Waals surface area contributed by atoms with E-state index in [0.29, 0.717) is 6.42 Å². The molecule has 1 unspecified atom stereocenters. The quantitative estimate of drug-likeness (QED) is 0.514. The van der Waals surface area contributed by atoms with E-state index < -0.39 is 11.6 Å². The lowest BCUT2D eigenvalue weighted by atomic mass is 9.85. The van der Waals surface area contributed by atoms with E-state index in [4.69, 9.17) is 0 Å². The number of fused-ring (bicyclic) bond motifs is 2. The highest BCUT2D eigenvalue weighted by Gasteiger charge is 2.52.